The van der Waals surface area contributed by atoms with E-state index in [0.29, 0.717) is 4.77 Å². The van der Waals surface area contributed by atoms with Gasteiger partial charge in [-0.15, -0.1) is 0 Å². The summed E-state index contributed by atoms with van der Waals surface area (Å²) in [4.78, 5) is 0. The largest absolute Gasteiger partial charge is 0.494 e. The third-order valence-corrected chi connectivity index (χ3v) is 3.04. The molecule has 2 rings (SSSR count). The van der Waals surface area contributed by atoms with Crippen molar-refractivity contribution in [3.8, 4) is 5.75 Å². The van der Waals surface area contributed by atoms with Crippen LogP contribution < -0.4 is 4.74 Å². The predicted octanol–water partition coefficient (Wildman–Crippen LogP) is 3.39. The van der Waals surface area contributed by atoms with E-state index in [0.717, 1.165) is 24.3 Å². The number of rotatable bonds is 7. The molecule has 1 heterocycles. The Hall–Kier alpha value is -1.95. The Balaban J connectivity index is 1.90. The van der Waals surface area contributed by atoms with E-state index in [9.17, 15) is 0 Å². The summed E-state index contributed by atoms with van der Waals surface area (Å²) in [7, 11) is 0. The fraction of sp³-hybridized carbons (Fsp3) is 0.357. The predicted molar refractivity (Wildman–Crippen MR) is 81.9 cm³/mol. The van der Waals surface area contributed by atoms with Gasteiger partial charge in [0.2, 0.25) is 4.77 Å². The number of aromatic amines is 1. The van der Waals surface area contributed by atoms with Gasteiger partial charge in [-0.2, -0.15) is 14.9 Å². The fourth-order valence-corrected chi connectivity index (χ4v) is 1.79. The molecule has 0 amide bonds. The number of benzene rings is 1. The molecular formula is C14H18N4OS. The number of nitrogens with one attached hydrogen (secondary N) is 1. The first-order valence-corrected chi connectivity index (χ1v) is 7.09. The van der Waals surface area contributed by atoms with Crippen LogP contribution in [-0.2, 0) is 0 Å². The average Bonchev–Trinajstić information content (AvgIpc) is 2.88. The van der Waals surface area contributed by atoms with E-state index in [-0.39, 0.29) is 0 Å². The molecule has 0 spiro atoms. The Morgan fingerprint density at radius 2 is 2.15 bits per heavy atom. The number of H-pyrrole nitrogens is 1. The molecule has 1 aromatic carbocycles. The highest BCUT2D eigenvalue weighted by Crippen LogP contribution is 2.12. The molecule has 0 saturated heterocycles. The molecule has 2 aromatic rings. The van der Waals surface area contributed by atoms with Gasteiger partial charge in [0.05, 0.1) is 12.8 Å². The molecule has 0 aliphatic heterocycles. The first kappa shape index (κ1) is 14.5. The molecule has 0 saturated carbocycles. The van der Waals surface area contributed by atoms with Crippen LogP contribution in [0, 0.1) is 4.77 Å². The normalized spacial score (nSPS) is 11.1. The van der Waals surface area contributed by atoms with Gasteiger partial charge in [-0.1, -0.05) is 19.8 Å². The average molecular weight is 290 g/mol. The zero-order valence-electron chi connectivity index (χ0n) is 11.5. The summed E-state index contributed by atoms with van der Waals surface area (Å²) in [5, 5.41) is 10.6. The highest BCUT2D eigenvalue weighted by molar-refractivity contribution is 7.71. The molecule has 0 radical (unpaired) electrons. The van der Waals surface area contributed by atoms with E-state index in [1.54, 1.807) is 6.21 Å². The van der Waals surface area contributed by atoms with Crippen LogP contribution in [0.4, 0.5) is 0 Å². The topological polar surface area (TPSA) is 55.2 Å². The third-order valence-electron chi connectivity index (χ3n) is 2.76. The van der Waals surface area contributed by atoms with Crippen molar-refractivity contribution in [2.45, 2.75) is 26.2 Å². The Kier molecular flexibility index (Phi) is 5.49. The molecule has 0 unspecified atom stereocenters. The lowest BCUT2D eigenvalue weighted by atomic mass is 10.2. The van der Waals surface area contributed by atoms with Crippen LogP contribution in [-0.4, -0.2) is 27.7 Å². The monoisotopic (exact) mass is 290 g/mol. The molecule has 0 fully saturated rings. The molecule has 0 atom stereocenters. The quantitative estimate of drug-likeness (QED) is 0.483. The van der Waals surface area contributed by atoms with Gasteiger partial charge in [-0.05, 0) is 48.5 Å². The lowest BCUT2D eigenvalue weighted by Crippen LogP contribution is -1.97. The van der Waals surface area contributed by atoms with Crippen molar-refractivity contribution in [3.63, 3.8) is 0 Å². The molecule has 0 bridgehead atoms. The van der Waals surface area contributed by atoms with Crippen molar-refractivity contribution in [3.05, 3.63) is 40.9 Å². The third kappa shape index (κ3) is 4.31. The zero-order valence-corrected chi connectivity index (χ0v) is 12.3. The van der Waals surface area contributed by atoms with Gasteiger partial charge in [0, 0.05) is 0 Å². The minimum Gasteiger partial charge on any atom is -0.494 e. The van der Waals surface area contributed by atoms with Gasteiger partial charge < -0.3 is 4.74 Å². The summed E-state index contributed by atoms with van der Waals surface area (Å²) in [6.45, 7) is 2.95. The van der Waals surface area contributed by atoms with E-state index in [4.69, 9.17) is 17.0 Å². The smallest absolute Gasteiger partial charge is 0.216 e. The standard InChI is InChI=1S/C14H18N4OS/c1-2-3-4-9-19-13-7-5-12(6-8-13)10-16-18-11-15-17-14(18)20/h5-8,10-11H,2-4,9H2,1H3,(H,17,20). The van der Waals surface area contributed by atoms with Crippen LogP contribution in [0.2, 0.25) is 0 Å². The van der Waals surface area contributed by atoms with Crippen LogP contribution >= 0.6 is 12.2 Å². The van der Waals surface area contributed by atoms with Crippen molar-refractivity contribution in [1.82, 2.24) is 14.9 Å². The molecule has 1 N–H and O–H groups in total. The summed E-state index contributed by atoms with van der Waals surface area (Å²) < 4.78 is 7.63. The molecule has 20 heavy (non-hydrogen) atoms. The highest BCUT2D eigenvalue weighted by Gasteiger charge is 1.95. The van der Waals surface area contributed by atoms with Crippen molar-refractivity contribution in [1.29, 1.82) is 0 Å². The molecule has 6 heteroatoms. The van der Waals surface area contributed by atoms with Crippen LogP contribution in [0.5, 0.6) is 5.75 Å². The lowest BCUT2D eigenvalue weighted by molar-refractivity contribution is 0.306. The molecule has 1 aromatic heterocycles. The minimum absolute atomic E-state index is 0.470. The first-order valence-electron chi connectivity index (χ1n) is 6.69. The van der Waals surface area contributed by atoms with Crippen LogP contribution in [0.1, 0.15) is 31.7 Å². The number of hydrogen-bond acceptors (Lipinski definition) is 4. The van der Waals surface area contributed by atoms with E-state index in [1.165, 1.54) is 23.8 Å². The lowest BCUT2D eigenvalue weighted by Gasteiger charge is -2.05. The summed E-state index contributed by atoms with van der Waals surface area (Å²) in [6.07, 6.45) is 6.76. The zero-order chi connectivity index (χ0) is 14.2. The minimum atomic E-state index is 0.470. The summed E-state index contributed by atoms with van der Waals surface area (Å²) in [5.41, 5.74) is 0.981. The number of aromatic nitrogens is 3. The van der Waals surface area contributed by atoms with Gasteiger partial charge in [0.25, 0.3) is 0 Å². The maximum atomic E-state index is 5.65. The van der Waals surface area contributed by atoms with Gasteiger partial charge in [-0.25, -0.2) is 0 Å². The van der Waals surface area contributed by atoms with Crippen LogP contribution in [0.3, 0.4) is 0 Å². The van der Waals surface area contributed by atoms with E-state index < -0.39 is 0 Å². The van der Waals surface area contributed by atoms with E-state index in [2.05, 4.69) is 22.2 Å². The summed E-state index contributed by atoms with van der Waals surface area (Å²) in [6, 6.07) is 7.81. The van der Waals surface area contributed by atoms with Gasteiger partial charge >= 0.3 is 0 Å². The maximum Gasteiger partial charge on any atom is 0.216 e. The Bertz CT molecular complexity index is 600. The van der Waals surface area contributed by atoms with Gasteiger partial charge in [0.1, 0.15) is 12.1 Å². The van der Waals surface area contributed by atoms with E-state index >= 15 is 0 Å². The number of hydrogen-bond donors (Lipinski definition) is 1. The Labute approximate surface area is 123 Å². The number of unbranched alkanes of at least 4 members (excludes halogenated alkanes) is 2. The van der Waals surface area contributed by atoms with Crippen LogP contribution in [0.15, 0.2) is 35.7 Å². The molecular weight excluding hydrogens is 272 g/mol. The molecule has 106 valence electrons. The molecule has 5 nitrogen and oxygen atoms in total. The van der Waals surface area contributed by atoms with Crippen molar-refractivity contribution in [2.24, 2.45) is 5.10 Å². The second kappa shape index (κ2) is 7.59. The van der Waals surface area contributed by atoms with Crippen molar-refractivity contribution in [2.75, 3.05) is 6.61 Å². The number of nitrogens with zero attached hydrogens (tertiary/aromatic N) is 3. The van der Waals surface area contributed by atoms with Crippen molar-refractivity contribution >= 4 is 18.4 Å². The first-order chi connectivity index (χ1) is 9.79. The van der Waals surface area contributed by atoms with Gasteiger partial charge in [-0.3, -0.25) is 5.10 Å². The van der Waals surface area contributed by atoms with E-state index in [1.807, 2.05) is 24.3 Å². The molecule has 0 aliphatic carbocycles. The van der Waals surface area contributed by atoms with Gasteiger partial charge in [0.15, 0.2) is 0 Å². The molecule has 0 aliphatic rings. The van der Waals surface area contributed by atoms with Crippen molar-refractivity contribution < 1.29 is 4.74 Å². The number of ether oxygens (including phenoxy) is 1. The second-order valence-corrected chi connectivity index (χ2v) is 4.76. The summed E-state index contributed by atoms with van der Waals surface area (Å²) >= 11 is 5.00. The maximum absolute atomic E-state index is 5.65. The Morgan fingerprint density at radius 3 is 2.80 bits per heavy atom. The van der Waals surface area contributed by atoms with Crippen LogP contribution in [0.25, 0.3) is 0 Å². The second-order valence-electron chi connectivity index (χ2n) is 4.38. The Morgan fingerprint density at radius 1 is 1.35 bits per heavy atom. The summed E-state index contributed by atoms with van der Waals surface area (Å²) in [5.74, 6) is 0.887. The fourth-order valence-electron chi connectivity index (χ4n) is 1.65. The SMILES string of the molecule is CCCCCOc1ccc(C=Nn2cn[nH]c2=S)cc1. The highest BCUT2D eigenvalue weighted by atomic mass is 32.1.